The molecule has 0 heterocycles. The fraction of sp³-hybridized carbons (Fsp3) is 0.0455. The molecule has 0 unspecified atom stereocenters. The highest BCUT2D eigenvalue weighted by atomic mass is 35.5. The molecule has 12 nitrogen and oxygen atoms in total. The van der Waals surface area contributed by atoms with Crippen LogP contribution in [0.3, 0.4) is 0 Å². The summed E-state index contributed by atoms with van der Waals surface area (Å²) in [6, 6.07) is 13.9. The van der Waals surface area contributed by atoms with Crippen LogP contribution in [0.5, 0.6) is 11.5 Å². The first-order valence-electron chi connectivity index (χ1n) is 9.75. The van der Waals surface area contributed by atoms with Gasteiger partial charge in [-0.1, -0.05) is 17.7 Å². The number of nitro benzene ring substituents is 2. The standard InChI is InChI=1S/C22H16ClN5O7/c1-13-2-5-15(10-18(13)23)25-21(29)22(30)26-24-12-14-3-7-17(8-4-14)35-20-9-6-16(27(31)32)11-19(20)28(33)34/h2-12H,1H3,(H,25,29)(H,26,30)/b24-12+. The van der Waals surface area contributed by atoms with Gasteiger partial charge in [-0.2, -0.15) is 5.10 Å². The first-order chi connectivity index (χ1) is 16.6. The van der Waals surface area contributed by atoms with E-state index in [2.05, 4.69) is 15.8 Å². The molecule has 0 fully saturated rings. The number of hydrazone groups is 1. The van der Waals surface area contributed by atoms with Crippen LogP contribution in [-0.4, -0.2) is 27.9 Å². The van der Waals surface area contributed by atoms with E-state index in [1.165, 1.54) is 36.5 Å². The summed E-state index contributed by atoms with van der Waals surface area (Å²) in [5.41, 5.74) is 2.79. The zero-order chi connectivity index (χ0) is 25.5. The van der Waals surface area contributed by atoms with Gasteiger partial charge >= 0.3 is 17.5 Å². The van der Waals surface area contributed by atoms with E-state index >= 15 is 0 Å². The number of carbonyl (C=O) groups is 2. The number of carbonyl (C=O) groups excluding carboxylic acids is 2. The van der Waals surface area contributed by atoms with Crippen LogP contribution in [0.15, 0.2) is 65.8 Å². The van der Waals surface area contributed by atoms with Gasteiger partial charge in [0.25, 0.3) is 5.69 Å². The Morgan fingerprint density at radius 2 is 1.69 bits per heavy atom. The second kappa shape index (κ2) is 10.9. The number of hydrogen-bond donors (Lipinski definition) is 2. The SMILES string of the molecule is Cc1ccc(NC(=O)C(=O)N/N=C/c2ccc(Oc3ccc([N+](=O)[O-])cc3[N+](=O)[O-])cc2)cc1Cl. The summed E-state index contributed by atoms with van der Waals surface area (Å²) in [5.74, 6) is -1.88. The fourth-order valence-corrected chi connectivity index (χ4v) is 2.85. The topological polar surface area (TPSA) is 166 Å². The second-order valence-electron chi connectivity index (χ2n) is 6.95. The lowest BCUT2D eigenvalue weighted by Gasteiger charge is -2.06. The molecule has 0 bridgehead atoms. The number of nitrogens with one attached hydrogen (secondary N) is 2. The van der Waals surface area contributed by atoms with Crippen LogP contribution in [0.4, 0.5) is 17.1 Å². The summed E-state index contributed by atoms with van der Waals surface area (Å²) >= 11 is 5.99. The highest BCUT2D eigenvalue weighted by Crippen LogP contribution is 2.34. The number of rotatable bonds is 7. The highest BCUT2D eigenvalue weighted by molar-refractivity contribution is 6.39. The van der Waals surface area contributed by atoms with Crippen LogP contribution < -0.4 is 15.5 Å². The molecule has 13 heteroatoms. The molecule has 0 spiro atoms. The number of amides is 2. The average Bonchev–Trinajstić information content (AvgIpc) is 2.82. The zero-order valence-electron chi connectivity index (χ0n) is 17.9. The third-order valence-electron chi connectivity index (χ3n) is 4.47. The molecule has 0 aliphatic carbocycles. The van der Waals surface area contributed by atoms with Crippen molar-refractivity contribution < 1.29 is 24.2 Å². The maximum atomic E-state index is 12.0. The van der Waals surface area contributed by atoms with Crippen molar-refractivity contribution in [1.29, 1.82) is 0 Å². The van der Waals surface area contributed by atoms with E-state index in [1.54, 1.807) is 19.1 Å². The number of halogens is 1. The van der Waals surface area contributed by atoms with Crippen molar-refractivity contribution in [3.63, 3.8) is 0 Å². The van der Waals surface area contributed by atoms with E-state index in [0.717, 1.165) is 23.8 Å². The van der Waals surface area contributed by atoms with Gasteiger partial charge in [-0.25, -0.2) is 5.43 Å². The van der Waals surface area contributed by atoms with Gasteiger partial charge in [-0.05, 0) is 60.5 Å². The zero-order valence-corrected chi connectivity index (χ0v) is 18.7. The molecule has 0 saturated carbocycles. The van der Waals surface area contributed by atoms with Gasteiger partial charge in [0, 0.05) is 16.8 Å². The fourth-order valence-electron chi connectivity index (χ4n) is 2.67. The third-order valence-corrected chi connectivity index (χ3v) is 4.88. The van der Waals surface area contributed by atoms with Gasteiger partial charge in [0.05, 0.1) is 22.1 Å². The lowest BCUT2D eigenvalue weighted by molar-refractivity contribution is -0.394. The Hall–Kier alpha value is -4.84. The van der Waals surface area contributed by atoms with E-state index in [9.17, 15) is 29.8 Å². The quantitative estimate of drug-likeness (QED) is 0.212. The van der Waals surface area contributed by atoms with Crippen molar-refractivity contribution in [2.75, 3.05) is 5.32 Å². The molecule has 0 aliphatic heterocycles. The van der Waals surface area contributed by atoms with E-state index in [0.29, 0.717) is 16.3 Å². The number of ether oxygens (including phenoxy) is 1. The summed E-state index contributed by atoms with van der Waals surface area (Å²) in [6.07, 6.45) is 1.27. The maximum absolute atomic E-state index is 12.0. The first kappa shape index (κ1) is 24.8. The monoisotopic (exact) mass is 497 g/mol. The molecule has 2 amide bonds. The number of anilines is 1. The van der Waals surface area contributed by atoms with Crippen molar-refractivity contribution in [2.24, 2.45) is 5.10 Å². The number of non-ortho nitro benzene ring substituents is 1. The van der Waals surface area contributed by atoms with Crippen molar-refractivity contribution in [3.8, 4) is 11.5 Å². The molecule has 0 aliphatic rings. The van der Waals surface area contributed by atoms with Gasteiger partial charge in [-0.15, -0.1) is 0 Å². The minimum absolute atomic E-state index is 0.171. The molecule has 2 N–H and O–H groups in total. The number of nitro groups is 2. The van der Waals surface area contributed by atoms with Crippen LogP contribution in [0, 0.1) is 27.2 Å². The minimum atomic E-state index is -0.997. The van der Waals surface area contributed by atoms with Crippen molar-refractivity contribution in [3.05, 3.63) is 97.0 Å². The van der Waals surface area contributed by atoms with Crippen LogP contribution in [-0.2, 0) is 9.59 Å². The Balaban J connectivity index is 1.59. The van der Waals surface area contributed by atoms with Gasteiger partial charge in [0.2, 0.25) is 5.75 Å². The predicted octanol–water partition coefficient (Wildman–Crippen LogP) is 4.35. The summed E-state index contributed by atoms with van der Waals surface area (Å²) in [7, 11) is 0. The molecule has 35 heavy (non-hydrogen) atoms. The Labute approximate surface area is 202 Å². The Bertz CT molecular complexity index is 1340. The first-order valence-corrected chi connectivity index (χ1v) is 10.1. The van der Waals surface area contributed by atoms with Crippen LogP contribution in [0.2, 0.25) is 5.02 Å². The molecular weight excluding hydrogens is 482 g/mol. The minimum Gasteiger partial charge on any atom is -0.450 e. The van der Waals surface area contributed by atoms with Crippen LogP contribution in [0.25, 0.3) is 0 Å². The molecule has 3 rings (SSSR count). The largest absolute Gasteiger partial charge is 0.450 e. The lowest BCUT2D eigenvalue weighted by Crippen LogP contribution is -2.32. The molecule has 3 aromatic rings. The molecular formula is C22H16ClN5O7. The number of aryl methyl sites for hydroxylation is 1. The number of benzene rings is 3. The van der Waals surface area contributed by atoms with E-state index in [-0.39, 0.29) is 11.5 Å². The molecule has 178 valence electrons. The molecule has 0 saturated heterocycles. The smallest absolute Gasteiger partial charge is 0.329 e. The van der Waals surface area contributed by atoms with Crippen molar-refractivity contribution in [1.82, 2.24) is 5.43 Å². The summed E-state index contributed by atoms with van der Waals surface area (Å²) in [4.78, 5) is 44.4. The van der Waals surface area contributed by atoms with E-state index in [4.69, 9.17) is 16.3 Å². The predicted molar refractivity (Wildman–Crippen MR) is 127 cm³/mol. The summed E-state index contributed by atoms with van der Waals surface area (Å²) in [6.45, 7) is 1.80. The normalized spacial score (nSPS) is 10.6. The van der Waals surface area contributed by atoms with Gasteiger partial charge in [-0.3, -0.25) is 29.8 Å². The molecule has 3 aromatic carbocycles. The average molecular weight is 498 g/mol. The Kier molecular flexibility index (Phi) is 7.69. The lowest BCUT2D eigenvalue weighted by atomic mass is 10.2. The van der Waals surface area contributed by atoms with Crippen molar-refractivity contribution >= 4 is 46.7 Å². The highest BCUT2D eigenvalue weighted by Gasteiger charge is 2.21. The molecule has 0 aromatic heterocycles. The van der Waals surface area contributed by atoms with E-state index < -0.39 is 33.0 Å². The Morgan fingerprint density at radius 3 is 2.31 bits per heavy atom. The summed E-state index contributed by atoms with van der Waals surface area (Å²) < 4.78 is 5.47. The van der Waals surface area contributed by atoms with Crippen LogP contribution >= 0.6 is 11.6 Å². The van der Waals surface area contributed by atoms with Gasteiger partial charge in [0.1, 0.15) is 5.75 Å². The number of hydrogen-bond acceptors (Lipinski definition) is 8. The Morgan fingerprint density at radius 1 is 0.971 bits per heavy atom. The van der Waals surface area contributed by atoms with E-state index in [1.807, 2.05) is 0 Å². The van der Waals surface area contributed by atoms with Crippen molar-refractivity contribution in [2.45, 2.75) is 6.92 Å². The maximum Gasteiger partial charge on any atom is 0.329 e. The molecule has 0 radical (unpaired) electrons. The second-order valence-corrected chi connectivity index (χ2v) is 7.36. The van der Waals surface area contributed by atoms with Gasteiger partial charge in [0.15, 0.2) is 0 Å². The van der Waals surface area contributed by atoms with Gasteiger partial charge < -0.3 is 10.1 Å². The van der Waals surface area contributed by atoms with Crippen LogP contribution in [0.1, 0.15) is 11.1 Å². The number of nitrogens with zero attached hydrogens (tertiary/aromatic N) is 3. The summed E-state index contributed by atoms with van der Waals surface area (Å²) in [5, 5.41) is 28.6. The third kappa shape index (κ3) is 6.58. The molecule has 0 atom stereocenters.